The molecule has 5 nitrogen and oxygen atoms in total. The van der Waals surface area contributed by atoms with Crippen LogP contribution in [0.5, 0.6) is 0 Å². The highest BCUT2D eigenvalue weighted by Gasteiger charge is 2.33. The standard InChI is InChI=1S/C23H22F3N3O2S/c24-23(25,26)21-2-1-3-22(10-21)32(30,31)15-18-8-9-29(14-18)13-17-4-6-19(7-5-17)20-11-27-16-28-12-20/h1-7,10-12,16,18H,8-9,13-15H2/t18-/m1/s1. The van der Waals surface area contributed by atoms with Gasteiger partial charge in [-0.2, -0.15) is 13.2 Å². The minimum Gasteiger partial charge on any atom is -0.299 e. The fourth-order valence-corrected chi connectivity index (χ4v) is 5.65. The Morgan fingerprint density at radius 1 is 1.00 bits per heavy atom. The molecule has 4 rings (SSSR count). The van der Waals surface area contributed by atoms with Gasteiger partial charge in [-0.25, -0.2) is 18.4 Å². The molecule has 0 bridgehead atoms. The van der Waals surface area contributed by atoms with Crippen molar-refractivity contribution in [3.63, 3.8) is 0 Å². The van der Waals surface area contributed by atoms with E-state index in [4.69, 9.17) is 0 Å². The van der Waals surface area contributed by atoms with Gasteiger partial charge in [-0.05, 0) is 48.2 Å². The van der Waals surface area contributed by atoms with Crippen LogP contribution in [-0.4, -0.2) is 42.1 Å². The molecule has 0 aliphatic carbocycles. The Hall–Kier alpha value is -2.78. The van der Waals surface area contributed by atoms with Gasteiger partial charge < -0.3 is 0 Å². The molecule has 0 spiro atoms. The fourth-order valence-electron chi connectivity index (χ4n) is 3.97. The Bertz CT molecular complexity index is 1170. The van der Waals surface area contributed by atoms with Crippen LogP contribution in [-0.2, 0) is 22.6 Å². The molecule has 168 valence electrons. The van der Waals surface area contributed by atoms with Gasteiger partial charge in [0.1, 0.15) is 6.33 Å². The predicted molar refractivity (Wildman–Crippen MR) is 114 cm³/mol. The van der Waals surface area contributed by atoms with Gasteiger partial charge in [-0.15, -0.1) is 0 Å². The Kier molecular flexibility index (Phi) is 6.30. The molecule has 1 aliphatic rings. The first-order valence-electron chi connectivity index (χ1n) is 10.2. The van der Waals surface area contributed by atoms with Crippen LogP contribution in [0.25, 0.3) is 11.1 Å². The monoisotopic (exact) mass is 461 g/mol. The number of nitrogens with zero attached hydrogens (tertiary/aromatic N) is 3. The molecule has 0 amide bonds. The quantitative estimate of drug-likeness (QED) is 0.543. The van der Waals surface area contributed by atoms with Crippen molar-refractivity contribution >= 4 is 9.84 Å². The number of aromatic nitrogens is 2. The van der Waals surface area contributed by atoms with Crippen LogP contribution in [0.3, 0.4) is 0 Å². The number of benzene rings is 2. The first-order valence-corrected chi connectivity index (χ1v) is 11.8. The van der Waals surface area contributed by atoms with E-state index in [1.807, 2.05) is 24.3 Å². The molecule has 32 heavy (non-hydrogen) atoms. The number of sulfone groups is 1. The molecule has 3 aromatic rings. The molecule has 0 unspecified atom stereocenters. The molecule has 2 heterocycles. The molecular formula is C23H22F3N3O2S. The van der Waals surface area contributed by atoms with E-state index in [9.17, 15) is 21.6 Å². The minimum atomic E-state index is -4.57. The number of hydrogen-bond acceptors (Lipinski definition) is 5. The van der Waals surface area contributed by atoms with Gasteiger partial charge in [0.15, 0.2) is 9.84 Å². The number of alkyl halides is 3. The zero-order valence-corrected chi connectivity index (χ0v) is 18.0. The van der Waals surface area contributed by atoms with Gasteiger partial charge in [0.05, 0.1) is 16.2 Å². The smallest absolute Gasteiger partial charge is 0.299 e. The van der Waals surface area contributed by atoms with Crippen LogP contribution in [0.4, 0.5) is 13.2 Å². The van der Waals surface area contributed by atoms with Gasteiger partial charge in [0.25, 0.3) is 0 Å². The lowest BCUT2D eigenvalue weighted by Gasteiger charge is -2.17. The van der Waals surface area contributed by atoms with Crippen molar-refractivity contribution < 1.29 is 21.6 Å². The number of likely N-dealkylation sites (tertiary alicyclic amines) is 1. The molecule has 2 aromatic carbocycles. The van der Waals surface area contributed by atoms with E-state index in [2.05, 4.69) is 14.9 Å². The third-order valence-corrected chi connectivity index (χ3v) is 7.48. The van der Waals surface area contributed by atoms with Crippen LogP contribution in [0.15, 0.2) is 72.1 Å². The van der Waals surface area contributed by atoms with E-state index >= 15 is 0 Å². The largest absolute Gasteiger partial charge is 0.416 e. The van der Waals surface area contributed by atoms with Crippen LogP contribution in [0, 0.1) is 5.92 Å². The van der Waals surface area contributed by atoms with Crippen molar-refractivity contribution in [2.45, 2.75) is 24.0 Å². The molecule has 0 N–H and O–H groups in total. The minimum absolute atomic E-state index is 0.115. The van der Waals surface area contributed by atoms with Crippen molar-refractivity contribution in [2.75, 3.05) is 18.8 Å². The fraction of sp³-hybridized carbons (Fsp3) is 0.304. The summed E-state index contributed by atoms with van der Waals surface area (Å²) >= 11 is 0. The average Bonchev–Trinajstić information content (AvgIpc) is 3.20. The van der Waals surface area contributed by atoms with Crippen molar-refractivity contribution in [3.05, 3.63) is 78.4 Å². The van der Waals surface area contributed by atoms with Crippen molar-refractivity contribution in [2.24, 2.45) is 5.92 Å². The third-order valence-electron chi connectivity index (χ3n) is 5.60. The molecule has 0 saturated carbocycles. The highest BCUT2D eigenvalue weighted by molar-refractivity contribution is 7.91. The second kappa shape index (κ2) is 8.99. The highest BCUT2D eigenvalue weighted by Crippen LogP contribution is 2.31. The summed E-state index contributed by atoms with van der Waals surface area (Å²) in [6.45, 7) is 2.02. The summed E-state index contributed by atoms with van der Waals surface area (Å²) < 4.78 is 64.2. The van der Waals surface area contributed by atoms with E-state index in [0.29, 0.717) is 19.5 Å². The van der Waals surface area contributed by atoms with Gasteiger partial charge in [0.2, 0.25) is 0 Å². The van der Waals surface area contributed by atoms with Crippen LogP contribution < -0.4 is 0 Å². The summed E-state index contributed by atoms with van der Waals surface area (Å²) in [7, 11) is -3.80. The second-order valence-corrected chi connectivity index (χ2v) is 10.1. The Morgan fingerprint density at radius 3 is 2.41 bits per heavy atom. The molecule has 1 atom stereocenters. The molecule has 1 fully saturated rings. The van der Waals surface area contributed by atoms with Crippen molar-refractivity contribution in [3.8, 4) is 11.1 Å². The first kappa shape index (κ1) is 22.4. The van der Waals surface area contributed by atoms with Gasteiger partial charge in [-0.1, -0.05) is 30.3 Å². The van der Waals surface area contributed by atoms with Gasteiger partial charge in [-0.3, -0.25) is 4.90 Å². The molecule has 0 radical (unpaired) electrons. The van der Waals surface area contributed by atoms with Crippen LogP contribution >= 0.6 is 0 Å². The maximum Gasteiger partial charge on any atom is 0.416 e. The third kappa shape index (κ3) is 5.34. The van der Waals surface area contributed by atoms with Gasteiger partial charge >= 0.3 is 6.18 Å². The van der Waals surface area contributed by atoms with Crippen LogP contribution in [0.1, 0.15) is 17.5 Å². The molecule has 1 aromatic heterocycles. The van der Waals surface area contributed by atoms with E-state index in [1.165, 1.54) is 12.4 Å². The number of halogens is 3. The predicted octanol–water partition coefficient (Wildman–Crippen LogP) is 4.46. The van der Waals surface area contributed by atoms with E-state index < -0.39 is 21.6 Å². The topological polar surface area (TPSA) is 63.2 Å². The molecule has 1 aliphatic heterocycles. The number of hydrogen-bond donors (Lipinski definition) is 0. The lowest BCUT2D eigenvalue weighted by Crippen LogP contribution is -2.23. The van der Waals surface area contributed by atoms with E-state index in [0.717, 1.165) is 41.4 Å². The summed E-state index contributed by atoms with van der Waals surface area (Å²) in [5.74, 6) is -0.270. The van der Waals surface area contributed by atoms with Gasteiger partial charge in [0, 0.05) is 31.0 Å². The molecular weight excluding hydrogens is 439 g/mol. The Balaban J connectivity index is 1.37. The summed E-state index contributed by atoms with van der Waals surface area (Å²) in [4.78, 5) is 9.94. The summed E-state index contributed by atoms with van der Waals surface area (Å²) in [6.07, 6.45) is 1.10. The molecule has 9 heteroatoms. The lowest BCUT2D eigenvalue weighted by atomic mass is 10.1. The second-order valence-electron chi connectivity index (χ2n) is 8.02. The highest BCUT2D eigenvalue weighted by atomic mass is 32.2. The first-order chi connectivity index (χ1) is 15.2. The SMILES string of the molecule is O=S(=O)(C[C@@H]1CCN(Cc2ccc(-c3cncnc3)cc2)C1)c1cccc(C(F)(F)F)c1. The normalized spacial score (nSPS) is 17.5. The van der Waals surface area contributed by atoms with Crippen molar-refractivity contribution in [1.82, 2.24) is 14.9 Å². The van der Waals surface area contributed by atoms with Crippen LogP contribution in [0.2, 0.25) is 0 Å². The Morgan fingerprint density at radius 2 is 1.72 bits per heavy atom. The number of rotatable bonds is 6. The van der Waals surface area contributed by atoms with E-state index in [-0.39, 0.29) is 16.6 Å². The summed E-state index contributed by atoms with van der Waals surface area (Å²) in [5, 5.41) is 0. The zero-order chi connectivity index (χ0) is 22.8. The zero-order valence-electron chi connectivity index (χ0n) is 17.2. The van der Waals surface area contributed by atoms with Crippen molar-refractivity contribution in [1.29, 1.82) is 0 Å². The average molecular weight is 462 g/mol. The lowest BCUT2D eigenvalue weighted by molar-refractivity contribution is -0.137. The molecule has 1 saturated heterocycles. The Labute approximate surface area is 184 Å². The summed E-state index contributed by atoms with van der Waals surface area (Å²) in [6, 6.07) is 12.0. The maximum atomic E-state index is 12.9. The maximum absolute atomic E-state index is 12.9. The van der Waals surface area contributed by atoms with E-state index in [1.54, 1.807) is 12.4 Å². The summed E-state index contributed by atoms with van der Waals surface area (Å²) in [5.41, 5.74) is 2.10.